The molecule has 0 aliphatic carbocycles. The van der Waals surface area contributed by atoms with Crippen molar-refractivity contribution in [1.82, 2.24) is 14.6 Å². The molecule has 0 aromatic carbocycles. The lowest BCUT2D eigenvalue weighted by molar-refractivity contribution is 0.0678. The Balaban J connectivity index is 1.63. The molecule has 1 N–H and O–H groups in total. The molecule has 7 nitrogen and oxygen atoms in total. The number of sulfonamides is 1. The molecule has 1 aromatic rings. The highest BCUT2D eigenvalue weighted by Gasteiger charge is 2.45. The molecule has 8 heteroatoms. The van der Waals surface area contributed by atoms with Crippen molar-refractivity contribution in [3.63, 3.8) is 0 Å². The zero-order valence-electron chi connectivity index (χ0n) is 13.2. The fourth-order valence-electron chi connectivity index (χ4n) is 3.21. The van der Waals surface area contributed by atoms with Gasteiger partial charge in [-0.15, -0.1) is 0 Å². The van der Waals surface area contributed by atoms with Crippen molar-refractivity contribution < 1.29 is 17.9 Å². The Labute approximate surface area is 136 Å². The van der Waals surface area contributed by atoms with Gasteiger partial charge < -0.3 is 9.64 Å². The number of pyridine rings is 1. The van der Waals surface area contributed by atoms with Crippen molar-refractivity contribution in [2.75, 3.05) is 32.5 Å². The van der Waals surface area contributed by atoms with Gasteiger partial charge in [0.1, 0.15) is 0 Å². The van der Waals surface area contributed by atoms with Crippen LogP contribution in [-0.2, 0) is 14.8 Å². The SMILES string of the molecule is Cc1ccc(C(=O)N2C[C@H]3[C@@H](CNS(C)(=O)=O)CO[C@H]3C2)cn1. The quantitative estimate of drug-likeness (QED) is 0.836. The Morgan fingerprint density at radius 1 is 1.43 bits per heavy atom. The minimum Gasteiger partial charge on any atom is -0.376 e. The van der Waals surface area contributed by atoms with Crippen molar-refractivity contribution in [3.05, 3.63) is 29.6 Å². The topological polar surface area (TPSA) is 88.6 Å². The van der Waals surface area contributed by atoms with Crippen LogP contribution >= 0.6 is 0 Å². The van der Waals surface area contributed by atoms with Crippen LogP contribution in [0.2, 0.25) is 0 Å². The average Bonchev–Trinajstić information content (AvgIpc) is 3.05. The lowest BCUT2D eigenvalue weighted by Gasteiger charge is -2.20. The first kappa shape index (κ1) is 16.4. The molecule has 0 unspecified atom stereocenters. The molecule has 23 heavy (non-hydrogen) atoms. The molecular weight excluding hydrogens is 318 g/mol. The third kappa shape index (κ3) is 3.70. The van der Waals surface area contributed by atoms with Crippen LogP contribution in [0.15, 0.2) is 18.3 Å². The van der Waals surface area contributed by atoms with Crippen LogP contribution in [0.5, 0.6) is 0 Å². The van der Waals surface area contributed by atoms with E-state index in [2.05, 4.69) is 9.71 Å². The first-order valence-corrected chi connectivity index (χ1v) is 9.51. The van der Waals surface area contributed by atoms with Gasteiger partial charge in [-0.3, -0.25) is 9.78 Å². The summed E-state index contributed by atoms with van der Waals surface area (Å²) in [7, 11) is -3.21. The number of carbonyl (C=O) groups is 1. The van der Waals surface area contributed by atoms with Crippen LogP contribution in [0.3, 0.4) is 0 Å². The minimum absolute atomic E-state index is 0.0104. The summed E-state index contributed by atoms with van der Waals surface area (Å²) in [6.45, 7) is 3.90. The number of aromatic nitrogens is 1. The minimum atomic E-state index is -3.21. The van der Waals surface area contributed by atoms with Crippen molar-refractivity contribution >= 4 is 15.9 Å². The largest absolute Gasteiger partial charge is 0.376 e. The van der Waals surface area contributed by atoms with E-state index < -0.39 is 10.0 Å². The molecule has 3 heterocycles. The van der Waals surface area contributed by atoms with E-state index in [4.69, 9.17) is 4.74 Å². The van der Waals surface area contributed by atoms with E-state index in [0.29, 0.717) is 31.8 Å². The van der Waals surface area contributed by atoms with Crippen molar-refractivity contribution in [1.29, 1.82) is 0 Å². The van der Waals surface area contributed by atoms with Crippen LogP contribution in [0.25, 0.3) is 0 Å². The molecule has 2 aliphatic heterocycles. The summed E-state index contributed by atoms with van der Waals surface area (Å²) in [4.78, 5) is 18.5. The maximum atomic E-state index is 12.5. The molecule has 0 saturated carbocycles. The molecule has 0 spiro atoms. The average molecular weight is 339 g/mol. The number of hydrogen-bond donors (Lipinski definition) is 1. The number of aryl methyl sites for hydroxylation is 1. The van der Waals surface area contributed by atoms with Crippen LogP contribution in [0.4, 0.5) is 0 Å². The van der Waals surface area contributed by atoms with E-state index in [-0.39, 0.29) is 23.8 Å². The van der Waals surface area contributed by atoms with Crippen LogP contribution in [0.1, 0.15) is 16.1 Å². The first-order valence-electron chi connectivity index (χ1n) is 7.61. The molecule has 1 amide bonds. The summed E-state index contributed by atoms with van der Waals surface area (Å²) in [6.07, 6.45) is 2.73. The second kappa shape index (κ2) is 6.18. The molecule has 0 bridgehead atoms. The molecule has 126 valence electrons. The summed E-state index contributed by atoms with van der Waals surface area (Å²) in [5.74, 6) is 0.223. The van der Waals surface area contributed by atoms with E-state index in [1.165, 1.54) is 0 Å². The molecule has 2 aliphatic rings. The van der Waals surface area contributed by atoms with E-state index in [9.17, 15) is 13.2 Å². The number of rotatable bonds is 4. The van der Waals surface area contributed by atoms with Gasteiger partial charge >= 0.3 is 0 Å². The van der Waals surface area contributed by atoms with Gasteiger partial charge in [0, 0.05) is 43.4 Å². The lowest BCUT2D eigenvalue weighted by Crippen LogP contribution is -2.35. The highest BCUT2D eigenvalue weighted by molar-refractivity contribution is 7.88. The first-order chi connectivity index (χ1) is 10.8. The van der Waals surface area contributed by atoms with Crippen LogP contribution in [0, 0.1) is 18.8 Å². The standard InChI is InChI=1S/C15H21N3O4S/c1-10-3-4-11(5-16-10)15(19)18-7-13-12(6-17-23(2,20)21)9-22-14(13)8-18/h3-5,12-14,17H,6-9H2,1-2H3/t12-,13-,14-/m0/s1. The van der Waals surface area contributed by atoms with Gasteiger partial charge in [-0.05, 0) is 19.1 Å². The number of amides is 1. The molecule has 1 aromatic heterocycles. The fraction of sp³-hybridized carbons (Fsp3) is 0.600. The van der Waals surface area contributed by atoms with Crippen LogP contribution < -0.4 is 4.72 Å². The second-order valence-electron chi connectivity index (χ2n) is 6.31. The van der Waals surface area contributed by atoms with Crippen LogP contribution in [-0.4, -0.2) is 62.8 Å². The van der Waals surface area contributed by atoms with Crippen molar-refractivity contribution in [2.24, 2.45) is 11.8 Å². The Morgan fingerprint density at radius 2 is 2.22 bits per heavy atom. The number of fused-ring (bicyclic) bond motifs is 1. The summed E-state index contributed by atoms with van der Waals surface area (Å²) in [6, 6.07) is 3.60. The summed E-state index contributed by atoms with van der Waals surface area (Å²) >= 11 is 0. The highest BCUT2D eigenvalue weighted by atomic mass is 32.2. The monoisotopic (exact) mass is 339 g/mol. The van der Waals surface area contributed by atoms with Gasteiger partial charge in [0.2, 0.25) is 10.0 Å². The maximum Gasteiger partial charge on any atom is 0.255 e. The smallest absolute Gasteiger partial charge is 0.255 e. The van der Waals surface area contributed by atoms with E-state index in [1.54, 1.807) is 17.2 Å². The third-order valence-electron chi connectivity index (χ3n) is 4.49. The fourth-order valence-corrected chi connectivity index (χ4v) is 3.73. The number of likely N-dealkylation sites (tertiary alicyclic amines) is 1. The zero-order chi connectivity index (χ0) is 16.6. The predicted octanol–water partition coefficient (Wildman–Crippen LogP) is 0.0262. The molecule has 2 saturated heterocycles. The molecule has 2 fully saturated rings. The number of nitrogens with one attached hydrogen (secondary N) is 1. The molecule has 3 rings (SSSR count). The molecule has 3 atom stereocenters. The zero-order valence-corrected chi connectivity index (χ0v) is 14.0. The van der Waals surface area contributed by atoms with E-state index in [0.717, 1.165) is 11.9 Å². The van der Waals surface area contributed by atoms with Crippen molar-refractivity contribution in [3.8, 4) is 0 Å². The van der Waals surface area contributed by atoms with Gasteiger partial charge in [0.25, 0.3) is 5.91 Å². The van der Waals surface area contributed by atoms with E-state index in [1.807, 2.05) is 13.0 Å². The highest BCUT2D eigenvalue weighted by Crippen LogP contribution is 2.34. The predicted molar refractivity (Wildman–Crippen MR) is 84.4 cm³/mol. The van der Waals surface area contributed by atoms with Gasteiger partial charge in [-0.25, -0.2) is 13.1 Å². The van der Waals surface area contributed by atoms with E-state index >= 15 is 0 Å². The number of nitrogens with zero attached hydrogens (tertiary/aromatic N) is 2. The lowest BCUT2D eigenvalue weighted by atomic mass is 9.93. The molecular formula is C15H21N3O4S. The summed E-state index contributed by atoms with van der Waals surface area (Å²) in [5, 5.41) is 0. The van der Waals surface area contributed by atoms with Gasteiger partial charge in [-0.2, -0.15) is 0 Å². The van der Waals surface area contributed by atoms with Gasteiger partial charge in [-0.1, -0.05) is 0 Å². The normalized spacial score (nSPS) is 27.2. The van der Waals surface area contributed by atoms with Gasteiger partial charge in [0.15, 0.2) is 0 Å². The Kier molecular flexibility index (Phi) is 4.39. The number of ether oxygens (including phenoxy) is 1. The second-order valence-corrected chi connectivity index (χ2v) is 8.15. The Morgan fingerprint density at radius 3 is 2.87 bits per heavy atom. The van der Waals surface area contributed by atoms with Crippen molar-refractivity contribution in [2.45, 2.75) is 13.0 Å². The number of hydrogen-bond acceptors (Lipinski definition) is 5. The maximum absolute atomic E-state index is 12.5. The molecule has 0 radical (unpaired) electrons. The van der Waals surface area contributed by atoms with Gasteiger partial charge in [0.05, 0.1) is 24.5 Å². The number of carbonyl (C=O) groups excluding carboxylic acids is 1. The Bertz CT molecular complexity index is 689. The Hall–Kier alpha value is -1.51. The summed E-state index contributed by atoms with van der Waals surface area (Å²) < 4.78 is 30.8. The third-order valence-corrected chi connectivity index (χ3v) is 5.18. The summed E-state index contributed by atoms with van der Waals surface area (Å²) in [5.41, 5.74) is 1.44.